The highest BCUT2D eigenvalue weighted by Gasteiger charge is 2.52. The number of hydrogen-bond donors (Lipinski definition) is 4. The maximum absolute atomic E-state index is 13.7. The zero-order valence-corrected chi connectivity index (χ0v) is 23.9. The Morgan fingerprint density at radius 3 is 2.37 bits per heavy atom. The molecule has 4 atom stereocenters. The molecule has 0 aliphatic heterocycles. The predicted octanol–water partition coefficient (Wildman–Crippen LogP) is 3.40. The highest BCUT2D eigenvalue weighted by molar-refractivity contribution is 5.98. The number of nitrogens with one attached hydrogen (secondary N) is 2. The number of nitriles is 1. The fourth-order valence-corrected chi connectivity index (χ4v) is 7.40. The lowest BCUT2D eigenvalue weighted by Crippen LogP contribution is -2.52. The fraction of sp³-hybridized carbons (Fsp3) is 0.677. The van der Waals surface area contributed by atoms with Crippen molar-refractivity contribution >= 4 is 17.8 Å². The molecule has 41 heavy (non-hydrogen) atoms. The van der Waals surface area contributed by atoms with E-state index < -0.39 is 11.4 Å². The van der Waals surface area contributed by atoms with Crippen LogP contribution in [0.3, 0.4) is 0 Å². The molecule has 0 spiro atoms. The van der Waals surface area contributed by atoms with Gasteiger partial charge in [-0.3, -0.25) is 14.4 Å². The number of carboxylic acid groups (broad SMARTS) is 1. The van der Waals surface area contributed by atoms with Crippen molar-refractivity contribution in [2.24, 2.45) is 28.6 Å². The van der Waals surface area contributed by atoms with Gasteiger partial charge in [-0.2, -0.15) is 5.26 Å². The first kappa shape index (κ1) is 29.2. The van der Waals surface area contributed by atoms with E-state index >= 15 is 0 Å². The highest BCUT2D eigenvalue weighted by Crippen LogP contribution is 2.49. The zero-order valence-electron chi connectivity index (χ0n) is 23.9. The molecule has 10 heteroatoms. The van der Waals surface area contributed by atoms with Crippen molar-refractivity contribution in [2.45, 2.75) is 83.3 Å². The van der Waals surface area contributed by atoms with E-state index in [1.165, 1.54) is 19.2 Å². The van der Waals surface area contributed by atoms with Crippen LogP contribution in [0.25, 0.3) is 0 Å². The van der Waals surface area contributed by atoms with Crippen LogP contribution in [0.2, 0.25) is 0 Å². The SMILES string of the molecule is COc1cc(C#N)c(OC2CCC(C)(C(=O)O)CC2)cc1C(=O)NC1C2CCC(C2)C1C(=O)NCC1(CO)CCC1. The Kier molecular flexibility index (Phi) is 8.20. The van der Waals surface area contributed by atoms with Gasteiger partial charge in [-0.05, 0) is 82.6 Å². The summed E-state index contributed by atoms with van der Waals surface area (Å²) in [7, 11) is 1.44. The molecule has 4 fully saturated rings. The normalized spacial score (nSPS) is 31.4. The van der Waals surface area contributed by atoms with Crippen LogP contribution in [0, 0.1) is 39.9 Å². The molecule has 4 N–H and O–H groups in total. The molecule has 1 aromatic carbocycles. The van der Waals surface area contributed by atoms with Crippen LogP contribution < -0.4 is 20.1 Å². The second kappa shape index (κ2) is 11.5. The third-order valence-electron chi connectivity index (χ3n) is 10.4. The minimum atomic E-state index is -0.819. The number of carboxylic acids is 1. The van der Waals surface area contributed by atoms with Gasteiger partial charge in [0.1, 0.15) is 17.6 Å². The molecular weight excluding hydrogens is 526 g/mol. The molecule has 4 saturated carbocycles. The Hall–Kier alpha value is -3.32. The van der Waals surface area contributed by atoms with Gasteiger partial charge in [0.25, 0.3) is 5.91 Å². The second-order valence-electron chi connectivity index (χ2n) is 12.9. The van der Waals surface area contributed by atoms with Crippen LogP contribution >= 0.6 is 0 Å². The van der Waals surface area contributed by atoms with Gasteiger partial charge < -0.3 is 30.3 Å². The van der Waals surface area contributed by atoms with Crippen LogP contribution in [0.1, 0.15) is 87.1 Å². The standard InChI is InChI=1S/C31H41N3O7/c1-30(29(38)39)10-6-21(7-11-30)41-23-14-22(24(40-2)13-20(23)15-32)27(36)34-26-19-5-4-18(12-19)25(26)28(37)33-16-31(17-35)8-3-9-31/h13-14,18-19,21,25-26,35H,3-12,16-17H2,1-2H3,(H,33,37)(H,34,36)(H,38,39). The fourth-order valence-electron chi connectivity index (χ4n) is 7.40. The predicted molar refractivity (Wildman–Crippen MR) is 148 cm³/mol. The van der Waals surface area contributed by atoms with E-state index in [9.17, 15) is 29.9 Å². The summed E-state index contributed by atoms with van der Waals surface area (Å²) in [5, 5.41) is 35.3. The molecule has 4 aliphatic rings. The molecule has 2 bridgehead atoms. The molecule has 10 nitrogen and oxygen atoms in total. The van der Waals surface area contributed by atoms with Crippen LogP contribution in [-0.2, 0) is 9.59 Å². The minimum Gasteiger partial charge on any atom is -0.496 e. The Bertz CT molecular complexity index is 1220. The summed E-state index contributed by atoms with van der Waals surface area (Å²) in [5.41, 5.74) is -0.550. The summed E-state index contributed by atoms with van der Waals surface area (Å²) in [5.74, 6) is -0.683. The number of carbonyl (C=O) groups excluding carboxylic acids is 2. The Morgan fingerprint density at radius 1 is 1.07 bits per heavy atom. The number of benzene rings is 1. The van der Waals surface area contributed by atoms with E-state index in [4.69, 9.17) is 9.47 Å². The first-order chi connectivity index (χ1) is 19.6. The van der Waals surface area contributed by atoms with E-state index in [2.05, 4.69) is 16.7 Å². The number of amides is 2. The summed E-state index contributed by atoms with van der Waals surface area (Å²) in [6.07, 6.45) is 7.39. The average molecular weight is 568 g/mol. The molecule has 0 radical (unpaired) electrons. The van der Waals surface area contributed by atoms with Crippen molar-refractivity contribution < 1.29 is 34.1 Å². The van der Waals surface area contributed by atoms with Gasteiger partial charge in [-0.1, -0.05) is 6.42 Å². The largest absolute Gasteiger partial charge is 0.496 e. The van der Waals surface area contributed by atoms with Crippen LogP contribution in [-0.4, -0.2) is 60.4 Å². The van der Waals surface area contributed by atoms with Crippen molar-refractivity contribution in [3.8, 4) is 17.6 Å². The van der Waals surface area contributed by atoms with E-state index in [0.29, 0.717) is 32.2 Å². The van der Waals surface area contributed by atoms with Crippen molar-refractivity contribution in [3.63, 3.8) is 0 Å². The lowest BCUT2D eigenvalue weighted by molar-refractivity contribution is -0.150. The third kappa shape index (κ3) is 5.61. The van der Waals surface area contributed by atoms with Crippen LogP contribution in [0.5, 0.6) is 11.5 Å². The van der Waals surface area contributed by atoms with Gasteiger partial charge in [0.2, 0.25) is 5.91 Å². The van der Waals surface area contributed by atoms with E-state index in [1.54, 1.807) is 6.92 Å². The molecule has 0 saturated heterocycles. The Labute approximate surface area is 240 Å². The van der Waals surface area contributed by atoms with Gasteiger partial charge >= 0.3 is 5.97 Å². The van der Waals surface area contributed by atoms with Gasteiger partial charge in [0, 0.05) is 24.1 Å². The number of carbonyl (C=O) groups is 3. The van der Waals surface area contributed by atoms with Crippen LogP contribution in [0.15, 0.2) is 12.1 Å². The van der Waals surface area contributed by atoms with E-state index in [0.717, 1.165) is 38.5 Å². The number of rotatable bonds is 10. The zero-order chi connectivity index (χ0) is 29.4. The molecule has 2 amide bonds. The molecule has 0 aromatic heterocycles. The summed E-state index contributed by atoms with van der Waals surface area (Å²) in [6, 6.07) is 4.82. The first-order valence-corrected chi connectivity index (χ1v) is 14.8. The number of fused-ring (bicyclic) bond motifs is 2. The maximum Gasteiger partial charge on any atom is 0.309 e. The molecule has 4 aliphatic carbocycles. The monoisotopic (exact) mass is 567 g/mol. The lowest BCUT2D eigenvalue weighted by Gasteiger charge is -2.41. The number of ether oxygens (including phenoxy) is 2. The summed E-state index contributed by atoms with van der Waals surface area (Å²) >= 11 is 0. The smallest absolute Gasteiger partial charge is 0.309 e. The van der Waals surface area contributed by atoms with Crippen LogP contribution in [0.4, 0.5) is 0 Å². The summed E-state index contributed by atoms with van der Waals surface area (Å²) in [4.78, 5) is 38.7. The number of aliphatic hydroxyl groups excluding tert-OH is 1. The molecule has 1 aromatic rings. The summed E-state index contributed by atoms with van der Waals surface area (Å²) < 4.78 is 11.7. The van der Waals surface area contributed by atoms with E-state index in [1.807, 2.05) is 0 Å². The second-order valence-corrected chi connectivity index (χ2v) is 12.9. The molecule has 4 unspecified atom stereocenters. The van der Waals surface area contributed by atoms with Crippen molar-refractivity contribution in [1.82, 2.24) is 10.6 Å². The van der Waals surface area contributed by atoms with Gasteiger partial charge in [0.15, 0.2) is 0 Å². The maximum atomic E-state index is 13.7. The first-order valence-electron chi connectivity index (χ1n) is 14.8. The highest BCUT2D eigenvalue weighted by atomic mass is 16.5. The quantitative estimate of drug-likeness (QED) is 0.335. The van der Waals surface area contributed by atoms with Crippen molar-refractivity contribution in [3.05, 3.63) is 23.3 Å². The summed E-state index contributed by atoms with van der Waals surface area (Å²) in [6.45, 7) is 2.25. The van der Waals surface area contributed by atoms with Crippen molar-refractivity contribution in [1.29, 1.82) is 5.26 Å². The molecular formula is C31H41N3O7. The van der Waals surface area contributed by atoms with E-state index in [-0.39, 0.29) is 76.4 Å². The van der Waals surface area contributed by atoms with Gasteiger partial charge in [0.05, 0.1) is 42.3 Å². The number of aliphatic hydroxyl groups is 1. The minimum absolute atomic E-state index is 0.0623. The third-order valence-corrected chi connectivity index (χ3v) is 10.4. The number of nitrogens with zero attached hydrogens (tertiary/aromatic N) is 1. The Balaban J connectivity index is 1.31. The van der Waals surface area contributed by atoms with Gasteiger partial charge in [-0.25, -0.2) is 0 Å². The lowest BCUT2D eigenvalue weighted by atomic mass is 9.69. The molecule has 222 valence electrons. The number of hydrogen-bond acceptors (Lipinski definition) is 7. The molecule has 5 rings (SSSR count). The van der Waals surface area contributed by atoms with Crippen molar-refractivity contribution in [2.75, 3.05) is 20.3 Å². The Morgan fingerprint density at radius 2 is 1.78 bits per heavy atom. The number of aliphatic carboxylic acids is 1. The number of methoxy groups -OCH3 is 1. The van der Waals surface area contributed by atoms with Gasteiger partial charge in [-0.15, -0.1) is 0 Å². The molecule has 0 heterocycles. The topological polar surface area (TPSA) is 158 Å². The average Bonchev–Trinajstić information content (AvgIpc) is 3.55.